The first-order valence-corrected chi connectivity index (χ1v) is 6.71. The number of carbonyl (C=O) groups is 2. The quantitative estimate of drug-likeness (QED) is 0.911. The van der Waals surface area contributed by atoms with Gasteiger partial charge in [-0.3, -0.25) is 9.59 Å². The maximum Gasteiger partial charge on any atom is 0.311 e. The number of aryl methyl sites for hydroxylation is 2. The van der Waals surface area contributed by atoms with Crippen LogP contribution in [-0.4, -0.2) is 40.1 Å². The summed E-state index contributed by atoms with van der Waals surface area (Å²) in [6, 6.07) is 0. The van der Waals surface area contributed by atoms with Crippen molar-refractivity contribution >= 4 is 11.9 Å². The van der Waals surface area contributed by atoms with E-state index in [0.717, 1.165) is 5.56 Å². The molecular weight excluding hydrogens is 260 g/mol. The predicted molar refractivity (Wildman–Crippen MR) is 71.3 cm³/mol. The molecule has 1 N–H and O–H groups in total. The van der Waals surface area contributed by atoms with Crippen LogP contribution >= 0.6 is 0 Å². The van der Waals surface area contributed by atoms with Crippen molar-refractivity contribution in [1.29, 1.82) is 0 Å². The van der Waals surface area contributed by atoms with E-state index in [1.54, 1.807) is 25.7 Å². The summed E-state index contributed by atoms with van der Waals surface area (Å²) in [5.41, 5.74) is 0.677. The Morgan fingerprint density at radius 2 is 2.10 bits per heavy atom. The highest BCUT2D eigenvalue weighted by atomic mass is 16.5. The zero-order valence-electron chi connectivity index (χ0n) is 12.3. The molecule has 1 aromatic heterocycles. The van der Waals surface area contributed by atoms with Crippen molar-refractivity contribution in [1.82, 2.24) is 10.1 Å². The van der Waals surface area contributed by atoms with Crippen molar-refractivity contribution in [3.63, 3.8) is 0 Å². The largest absolute Gasteiger partial charge is 0.481 e. The van der Waals surface area contributed by atoms with Crippen LogP contribution in [0, 0.1) is 19.3 Å². The highest BCUT2D eigenvalue weighted by Gasteiger charge is 2.43. The summed E-state index contributed by atoms with van der Waals surface area (Å²) in [6.07, 6.45) is 0.488. The Morgan fingerprint density at radius 1 is 1.45 bits per heavy atom. The molecule has 110 valence electrons. The Balaban J connectivity index is 2.16. The van der Waals surface area contributed by atoms with Crippen LogP contribution in [0.2, 0.25) is 0 Å². The lowest BCUT2D eigenvalue weighted by molar-refractivity contribution is -0.147. The van der Waals surface area contributed by atoms with Crippen LogP contribution in [0.5, 0.6) is 0 Å². The number of aromatic nitrogens is 1. The van der Waals surface area contributed by atoms with Crippen molar-refractivity contribution < 1.29 is 19.2 Å². The highest BCUT2D eigenvalue weighted by molar-refractivity contribution is 5.85. The van der Waals surface area contributed by atoms with Gasteiger partial charge in [0.15, 0.2) is 0 Å². The predicted octanol–water partition coefficient (Wildman–Crippen LogP) is 1.72. The molecule has 1 amide bonds. The number of carboxylic acid groups (broad SMARTS) is 1. The lowest BCUT2D eigenvalue weighted by atomic mass is 9.90. The van der Waals surface area contributed by atoms with Gasteiger partial charge in [0.1, 0.15) is 5.76 Å². The Morgan fingerprint density at radius 3 is 2.55 bits per heavy atom. The molecule has 0 bridgehead atoms. The van der Waals surface area contributed by atoms with Crippen LogP contribution in [0.3, 0.4) is 0 Å². The summed E-state index contributed by atoms with van der Waals surface area (Å²) < 4.78 is 5.09. The molecule has 2 atom stereocenters. The van der Waals surface area contributed by atoms with E-state index in [1.165, 1.54) is 0 Å². The van der Waals surface area contributed by atoms with Gasteiger partial charge in [0.2, 0.25) is 5.91 Å². The number of aliphatic carboxylic acids is 1. The fourth-order valence-electron chi connectivity index (χ4n) is 2.83. The number of hydrogen-bond donors (Lipinski definition) is 1. The molecule has 1 saturated heterocycles. The average molecular weight is 280 g/mol. The second kappa shape index (κ2) is 4.92. The average Bonchev–Trinajstić information content (AvgIpc) is 2.93. The summed E-state index contributed by atoms with van der Waals surface area (Å²) in [7, 11) is 0. The lowest BCUT2D eigenvalue weighted by Crippen LogP contribution is -2.37. The Bertz CT molecular complexity index is 532. The number of hydrogen-bond acceptors (Lipinski definition) is 4. The maximum atomic E-state index is 12.5. The van der Waals surface area contributed by atoms with E-state index in [0.29, 0.717) is 24.4 Å². The molecule has 6 heteroatoms. The van der Waals surface area contributed by atoms with Crippen LogP contribution < -0.4 is 0 Å². The van der Waals surface area contributed by atoms with E-state index < -0.39 is 11.4 Å². The molecule has 0 saturated carbocycles. The number of rotatable bonds is 3. The van der Waals surface area contributed by atoms with E-state index in [-0.39, 0.29) is 18.4 Å². The third-order valence-electron chi connectivity index (χ3n) is 4.19. The van der Waals surface area contributed by atoms with Gasteiger partial charge in [-0.05, 0) is 34.1 Å². The number of likely N-dealkylation sites (tertiary alicyclic amines) is 1. The van der Waals surface area contributed by atoms with Gasteiger partial charge >= 0.3 is 5.97 Å². The van der Waals surface area contributed by atoms with Gasteiger partial charge in [-0.25, -0.2) is 0 Å². The highest BCUT2D eigenvalue weighted by Crippen LogP contribution is 2.33. The van der Waals surface area contributed by atoms with Gasteiger partial charge in [-0.2, -0.15) is 0 Å². The van der Waals surface area contributed by atoms with Crippen LogP contribution in [0.4, 0.5) is 0 Å². The van der Waals surface area contributed by atoms with Gasteiger partial charge < -0.3 is 14.5 Å². The van der Waals surface area contributed by atoms with Crippen molar-refractivity contribution in [2.24, 2.45) is 5.41 Å². The minimum Gasteiger partial charge on any atom is -0.481 e. The molecule has 0 aromatic carbocycles. The van der Waals surface area contributed by atoms with Gasteiger partial charge in [-0.15, -0.1) is 0 Å². The fourth-order valence-corrected chi connectivity index (χ4v) is 2.83. The van der Waals surface area contributed by atoms with E-state index >= 15 is 0 Å². The fraction of sp³-hybridized carbons (Fsp3) is 0.643. The topological polar surface area (TPSA) is 83.6 Å². The standard InChI is InChI=1S/C14H20N2O4/c1-8(11-9(2)15-20-10(11)3)12(17)16-6-5-14(4,7-16)13(18)19/h8H,5-7H2,1-4H3,(H,18,19)/t8-,14-/m0/s1. The molecule has 1 aromatic rings. The van der Waals surface area contributed by atoms with E-state index in [2.05, 4.69) is 5.16 Å². The SMILES string of the molecule is Cc1noc(C)c1[C@H](C)C(=O)N1CC[C@](C)(C(=O)O)C1. The summed E-state index contributed by atoms with van der Waals surface area (Å²) in [4.78, 5) is 25.4. The molecule has 1 aliphatic rings. The Kier molecular flexibility index (Phi) is 3.58. The molecule has 2 heterocycles. The second-order valence-electron chi connectivity index (χ2n) is 5.84. The van der Waals surface area contributed by atoms with Crippen molar-refractivity contribution in [2.45, 2.75) is 40.0 Å². The molecule has 0 radical (unpaired) electrons. The Labute approximate surface area is 117 Å². The van der Waals surface area contributed by atoms with Gasteiger partial charge in [0.05, 0.1) is 17.0 Å². The van der Waals surface area contributed by atoms with Gasteiger partial charge in [0.25, 0.3) is 0 Å². The number of carbonyl (C=O) groups excluding carboxylic acids is 1. The van der Waals surface area contributed by atoms with E-state index in [9.17, 15) is 14.7 Å². The molecule has 2 rings (SSSR count). The second-order valence-corrected chi connectivity index (χ2v) is 5.84. The van der Waals surface area contributed by atoms with Gasteiger partial charge in [-0.1, -0.05) is 5.16 Å². The maximum absolute atomic E-state index is 12.5. The molecule has 1 fully saturated rings. The third-order valence-corrected chi connectivity index (χ3v) is 4.19. The summed E-state index contributed by atoms with van der Waals surface area (Å²) in [6.45, 7) is 7.82. The first-order valence-electron chi connectivity index (χ1n) is 6.71. The minimum absolute atomic E-state index is 0.0654. The third kappa shape index (κ3) is 2.30. The first kappa shape index (κ1) is 14.6. The number of amides is 1. The summed E-state index contributed by atoms with van der Waals surface area (Å²) >= 11 is 0. The van der Waals surface area contributed by atoms with Crippen molar-refractivity contribution in [3.8, 4) is 0 Å². The van der Waals surface area contributed by atoms with Crippen LogP contribution in [0.25, 0.3) is 0 Å². The normalized spacial score (nSPS) is 23.9. The van der Waals surface area contributed by atoms with Gasteiger partial charge in [0, 0.05) is 18.7 Å². The monoisotopic (exact) mass is 280 g/mol. The zero-order chi connectivity index (χ0) is 15.1. The van der Waals surface area contributed by atoms with E-state index in [1.807, 2.05) is 6.92 Å². The summed E-state index contributed by atoms with van der Waals surface area (Å²) in [5, 5.41) is 13.1. The molecule has 0 aliphatic carbocycles. The molecular formula is C14H20N2O4. The zero-order valence-corrected chi connectivity index (χ0v) is 12.3. The smallest absolute Gasteiger partial charge is 0.311 e. The number of nitrogens with zero attached hydrogens (tertiary/aromatic N) is 2. The molecule has 0 spiro atoms. The molecule has 1 aliphatic heterocycles. The van der Waals surface area contributed by atoms with Crippen LogP contribution in [0.1, 0.15) is 43.2 Å². The molecule has 6 nitrogen and oxygen atoms in total. The van der Waals surface area contributed by atoms with E-state index in [4.69, 9.17) is 4.52 Å². The molecule has 20 heavy (non-hydrogen) atoms. The van der Waals surface area contributed by atoms with Crippen LogP contribution in [0.15, 0.2) is 4.52 Å². The minimum atomic E-state index is -0.849. The lowest BCUT2D eigenvalue weighted by Gasteiger charge is -2.23. The van der Waals surface area contributed by atoms with Crippen LogP contribution in [-0.2, 0) is 9.59 Å². The first-order chi connectivity index (χ1) is 9.26. The summed E-state index contributed by atoms with van der Waals surface area (Å²) in [5.74, 6) is -0.636. The Hall–Kier alpha value is -1.85. The van der Waals surface area contributed by atoms with Crippen molar-refractivity contribution in [3.05, 3.63) is 17.0 Å². The molecule has 0 unspecified atom stereocenters. The number of carboxylic acids is 1. The van der Waals surface area contributed by atoms with Crippen molar-refractivity contribution in [2.75, 3.05) is 13.1 Å².